The lowest BCUT2D eigenvalue weighted by atomic mass is 9.86. The summed E-state index contributed by atoms with van der Waals surface area (Å²) in [5.74, 6) is 0.201. The molecule has 0 saturated heterocycles. The minimum Gasteiger partial charge on any atom is -0.393 e. The van der Waals surface area contributed by atoms with Crippen LogP contribution >= 0.6 is 0 Å². The number of fused-ring (bicyclic) bond motifs is 1. The molecule has 5 nitrogen and oxygen atoms in total. The molecule has 2 amide bonds. The fourth-order valence-electron chi connectivity index (χ4n) is 3.64. The number of carbonyl (C=O) groups excluding carboxylic acids is 1. The summed E-state index contributed by atoms with van der Waals surface area (Å²) in [6.07, 6.45) is 6.37. The van der Waals surface area contributed by atoms with Gasteiger partial charge >= 0.3 is 6.03 Å². The van der Waals surface area contributed by atoms with Gasteiger partial charge in [0.15, 0.2) is 0 Å². The normalized spacial score (nSPS) is 20.4. The average Bonchev–Trinajstić information content (AvgIpc) is 2.63. The van der Waals surface area contributed by atoms with E-state index in [-0.39, 0.29) is 18.1 Å². The number of pyridine rings is 1. The number of amides is 2. The lowest BCUT2D eigenvalue weighted by Crippen LogP contribution is -2.43. The van der Waals surface area contributed by atoms with Gasteiger partial charge in [-0.05, 0) is 30.9 Å². The van der Waals surface area contributed by atoms with Crippen molar-refractivity contribution < 1.29 is 9.90 Å². The van der Waals surface area contributed by atoms with Gasteiger partial charge in [-0.15, -0.1) is 0 Å². The standard InChI is InChI=1S/C20H27N3O2/c1-23(14-17-6-2-3-10-18(17)24)20(25)22-13-11-16-8-4-7-15-9-5-12-21-19(15)16/h4-5,7-9,12,17-18,24H,2-3,6,10-11,13-14H2,1H3,(H,22,25)/t17-,18-/m0/s1. The van der Waals surface area contributed by atoms with E-state index in [1.165, 1.54) is 0 Å². The molecule has 1 saturated carbocycles. The molecule has 3 rings (SSSR count). The van der Waals surface area contributed by atoms with Crippen LogP contribution in [0.25, 0.3) is 10.9 Å². The smallest absolute Gasteiger partial charge is 0.317 e. The third-order valence-electron chi connectivity index (χ3n) is 5.11. The number of nitrogens with one attached hydrogen (secondary N) is 1. The Hall–Kier alpha value is -2.14. The summed E-state index contributed by atoms with van der Waals surface area (Å²) in [4.78, 5) is 18.4. The van der Waals surface area contributed by atoms with Crippen LogP contribution in [-0.4, -0.2) is 47.3 Å². The topological polar surface area (TPSA) is 65.5 Å². The third-order valence-corrected chi connectivity index (χ3v) is 5.11. The summed E-state index contributed by atoms with van der Waals surface area (Å²) >= 11 is 0. The number of aliphatic hydroxyl groups excluding tert-OH is 1. The second-order valence-corrected chi connectivity index (χ2v) is 6.97. The molecule has 1 fully saturated rings. The molecule has 0 bridgehead atoms. The number of benzene rings is 1. The fraction of sp³-hybridized carbons (Fsp3) is 0.500. The molecule has 0 spiro atoms. The van der Waals surface area contributed by atoms with Gasteiger partial charge in [0.1, 0.15) is 0 Å². The van der Waals surface area contributed by atoms with Crippen molar-refractivity contribution in [3.8, 4) is 0 Å². The number of rotatable bonds is 5. The van der Waals surface area contributed by atoms with Crippen molar-refractivity contribution in [1.29, 1.82) is 0 Å². The van der Waals surface area contributed by atoms with E-state index in [4.69, 9.17) is 0 Å². The maximum atomic E-state index is 12.3. The summed E-state index contributed by atoms with van der Waals surface area (Å²) in [5, 5.41) is 14.2. The first-order chi connectivity index (χ1) is 12.1. The van der Waals surface area contributed by atoms with Crippen molar-refractivity contribution in [1.82, 2.24) is 15.2 Å². The number of nitrogens with zero attached hydrogens (tertiary/aromatic N) is 2. The summed E-state index contributed by atoms with van der Waals surface area (Å²) in [6, 6.07) is 10.0. The van der Waals surface area contributed by atoms with Crippen LogP contribution in [0.3, 0.4) is 0 Å². The Morgan fingerprint density at radius 3 is 2.92 bits per heavy atom. The van der Waals surface area contributed by atoms with Crippen LogP contribution < -0.4 is 5.32 Å². The van der Waals surface area contributed by atoms with Gasteiger partial charge in [-0.25, -0.2) is 4.79 Å². The first-order valence-corrected chi connectivity index (χ1v) is 9.15. The molecule has 1 aromatic heterocycles. The Bertz CT molecular complexity index is 714. The highest BCUT2D eigenvalue weighted by Crippen LogP contribution is 2.24. The van der Waals surface area contributed by atoms with E-state index in [1.54, 1.807) is 18.1 Å². The van der Waals surface area contributed by atoms with E-state index in [1.807, 2.05) is 24.3 Å². The van der Waals surface area contributed by atoms with E-state index in [0.29, 0.717) is 13.1 Å². The highest BCUT2D eigenvalue weighted by atomic mass is 16.3. The molecule has 1 heterocycles. The molecular weight excluding hydrogens is 314 g/mol. The predicted octanol–water partition coefficient (Wildman–Crippen LogP) is 2.97. The average molecular weight is 341 g/mol. The van der Waals surface area contributed by atoms with Crippen LogP contribution in [0, 0.1) is 5.92 Å². The SMILES string of the molecule is CN(C[C@@H]1CCCC[C@@H]1O)C(=O)NCCc1cccc2cccnc12. The first-order valence-electron chi connectivity index (χ1n) is 9.15. The van der Waals surface area contributed by atoms with Crippen molar-refractivity contribution in [2.75, 3.05) is 20.1 Å². The Morgan fingerprint density at radius 2 is 2.08 bits per heavy atom. The van der Waals surface area contributed by atoms with Crippen molar-refractivity contribution in [3.63, 3.8) is 0 Å². The highest BCUT2D eigenvalue weighted by Gasteiger charge is 2.25. The van der Waals surface area contributed by atoms with E-state index in [0.717, 1.165) is 48.6 Å². The lowest BCUT2D eigenvalue weighted by Gasteiger charge is -2.31. The van der Waals surface area contributed by atoms with Gasteiger partial charge in [-0.3, -0.25) is 4.98 Å². The maximum Gasteiger partial charge on any atom is 0.317 e. The minimum absolute atomic E-state index is 0.0778. The number of hydrogen-bond donors (Lipinski definition) is 2. The van der Waals surface area contributed by atoms with Crippen LogP contribution in [0.4, 0.5) is 4.79 Å². The largest absolute Gasteiger partial charge is 0.393 e. The van der Waals surface area contributed by atoms with Crippen molar-refractivity contribution >= 4 is 16.9 Å². The zero-order valence-corrected chi connectivity index (χ0v) is 14.8. The third kappa shape index (κ3) is 4.48. The van der Waals surface area contributed by atoms with E-state index in [2.05, 4.69) is 16.4 Å². The molecule has 1 aliphatic carbocycles. The second-order valence-electron chi connectivity index (χ2n) is 6.97. The van der Waals surface area contributed by atoms with E-state index < -0.39 is 0 Å². The number of carbonyl (C=O) groups is 1. The van der Waals surface area contributed by atoms with E-state index >= 15 is 0 Å². The van der Waals surface area contributed by atoms with Crippen LogP contribution in [0.2, 0.25) is 0 Å². The Kier molecular flexibility index (Phi) is 5.87. The van der Waals surface area contributed by atoms with Gasteiger partial charge in [0.2, 0.25) is 0 Å². The molecule has 1 aromatic carbocycles. The molecule has 5 heteroatoms. The monoisotopic (exact) mass is 341 g/mol. The number of aliphatic hydroxyl groups is 1. The molecule has 2 aromatic rings. The first kappa shape index (κ1) is 17.7. The molecule has 25 heavy (non-hydrogen) atoms. The van der Waals surface area contributed by atoms with Crippen molar-refractivity contribution in [2.45, 2.75) is 38.2 Å². The minimum atomic E-state index is -0.272. The van der Waals surface area contributed by atoms with Gasteiger partial charge in [0.05, 0.1) is 11.6 Å². The predicted molar refractivity (Wildman–Crippen MR) is 99.4 cm³/mol. The summed E-state index contributed by atoms with van der Waals surface area (Å²) in [7, 11) is 1.80. The zero-order chi connectivity index (χ0) is 17.6. The lowest BCUT2D eigenvalue weighted by molar-refractivity contribution is 0.0565. The van der Waals surface area contributed by atoms with E-state index in [9.17, 15) is 9.90 Å². The molecule has 0 aliphatic heterocycles. The Morgan fingerprint density at radius 1 is 1.28 bits per heavy atom. The number of urea groups is 1. The molecule has 134 valence electrons. The van der Waals surface area contributed by atoms with Crippen LogP contribution in [0.5, 0.6) is 0 Å². The molecule has 0 unspecified atom stereocenters. The molecule has 0 radical (unpaired) electrons. The number of para-hydroxylation sites is 1. The molecular formula is C20H27N3O2. The van der Waals surface area contributed by atoms with Gasteiger partial charge in [0, 0.05) is 37.6 Å². The highest BCUT2D eigenvalue weighted by molar-refractivity contribution is 5.81. The molecule has 1 aliphatic rings. The van der Waals surface area contributed by atoms with Gasteiger partial charge < -0.3 is 15.3 Å². The number of aromatic nitrogens is 1. The summed E-state index contributed by atoms with van der Waals surface area (Å²) in [5.41, 5.74) is 2.14. The van der Waals surface area contributed by atoms with Gasteiger partial charge in [0.25, 0.3) is 0 Å². The van der Waals surface area contributed by atoms with Crippen LogP contribution in [0.15, 0.2) is 36.5 Å². The zero-order valence-electron chi connectivity index (χ0n) is 14.8. The van der Waals surface area contributed by atoms with Crippen molar-refractivity contribution in [2.24, 2.45) is 5.92 Å². The maximum absolute atomic E-state index is 12.3. The molecule has 2 atom stereocenters. The molecule has 2 N–H and O–H groups in total. The Labute approximate surface area is 149 Å². The quantitative estimate of drug-likeness (QED) is 0.879. The second kappa shape index (κ2) is 8.30. The van der Waals surface area contributed by atoms with Gasteiger partial charge in [-0.2, -0.15) is 0 Å². The summed E-state index contributed by atoms with van der Waals surface area (Å²) < 4.78 is 0. The summed E-state index contributed by atoms with van der Waals surface area (Å²) in [6.45, 7) is 1.19. The Balaban J connectivity index is 1.50. The number of hydrogen-bond acceptors (Lipinski definition) is 3. The van der Waals surface area contributed by atoms with Gasteiger partial charge in [-0.1, -0.05) is 37.1 Å². The van der Waals surface area contributed by atoms with Crippen LogP contribution in [0.1, 0.15) is 31.2 Å². The van der Waals surface area contributed by atoms with Crippen molar-refractivity contribution in [3.05, 3.63) is 42.1 Å². The van der Waals surface area contributed by atoms with Crippen LogP contribution in [-0.2, 0) is 6.42 Å². The fourth-order valence-corrected chi connectivity index (χ4v) is 3.64.